The van der Waals surface area contributed by atoms with Crippen molar-refractivity contribution in [2.24, 2.45) is 5.92 Å². The van der Waals surface area contributed by atoms with Crippen molar-refractivity contribution in [3.63, 3.8) is 0 Å². The van der Waals surface area contributed by atoms with Gasteiger partial charge >= 0.3 is 0 Å². The average Bonchev–Trinajstić information content (AvgIpc) is 2.80. The van der Waals surface area contributed by atoms with Gasteiger partial charge in [0, 0.05) is 9.90 Å². The second-order valence-corrected chi connectivity index (χ2v) is 6.03. The molecular formula is C14H17ClN2S. The zero-order valence-corrected chi connectivity index (χ0v) is 12.1. The van der Waals surface area contributed by atoms with Gasteiger partial charge in [0.15, 0.2) is 0 Å². The van der Waals surface area contributed by atoms with Gasteiger partial charge in [-0.2, -0.15) is 0 Å². The van der Waals surface area contributed by atoms with Crippen molar-refractivity contribution in [1.82, 2.24) is 0 Å². The minimum absolute atomic E-state index is 0.272. The average molecular weight is 281 g/mol. The molecule has 1 heterocycles. The van der Waals surface area contributed by atoms with Crippen LogP contribution in [-0.2, 0) is 0 Å². The van der Waals surface area contributed by atoms with Crippen LogP contribution in [-0.4, -0.2) is 0 Å². The van der Waals surface area contributed by atoms with E-state index in [-0.39, 0.29) is 6.04 Å². The van der Waals surface area contributed by atoms with E-state index in [9.17, 15) is 0 Å². The topological polar surface area (TPSA) is 38.0 Å². The maximum Gasteiger partial charge on any atom is 0.0630 e. The molecule has 0 saturated carbocycles. The van der Waals surface area contributed by atoms with Gasteiger partial charge in [-0.1, -0.05) is 31.5 Å². The molecule has 2 rings (SSSR count). The van der Waals surface area contributed by atoms with Crippen molar-refractivity contribution in [3.05, 3.63) is 45.6 Å². The summed E-state index contributed by atoms with van der Waals surface area (Å²) in [6.07, 6.45) is 0. The van der Waals surface area contributed by atoms with Gasteiger partial charge in [-0.15, -0.1) is 11.3 Å². The molecule has 2 aromatic rings. The Morgan fingerprint density at radius 2 is 2.06 bits per heavy atom. The molecule has 0 aliphatic carbocycles. The Bertz CT molecular complexity index is 509. The first-order valence-corrected chi connectivity index (χ1v) is 7.18. The van der Waals surface area contributed by atoms with E-state index >= 15 is 0 Å². The Kier molecular flexibility index (Phi) is 4.15. The number of thiophene rings is 1. The molecular weight excluding hydrogens is 264 g/mol. The van der Waals surface area contributed by atoms with E-state index in [0.717, 1.165) is 5.69 Å². The van der Waals surface area contributed by atoms with Crippen LogP contribution in [0.4, 0.5) is 11.4 Å². The van der Waals surface area contributed by atoms with Gasteiger partial charge in [-0.3, -0.25) is 0 Å². The highest BCUT2D eigenvalue weighted by molar-refractivity contribution is 7.10. The fourth-order valence-corrected chi connectivity index (χ4v) is 3.00. The van der Waals surface area contributed by atoms with Crippen LogP contribution >= 0.6 is 22.9 Å². The summed E-state index contributed by atoms with van der Waals surface area (Å²) in [4.78, 5) is 1.32. The molecule has 0 fully saturated rings. The van der Waals surface area contributed by atoms with Crippen molar-refractivity contribution < 1.29 is 0 Å². The van der Waals surface area contributed by atoms with Gasteiger partial charge in [-0.05, 0) is 35.6 Å². The number of rotatable bonds is 4. The molecule has 1 atom stereocenters. The monoisotopic (exact) mass is 280 g/mol. The van der Waals surface area contributed by atoms with E-state index in [0.29, 0.717) is 16.6 Å². The molecule has 1 aromatic carbocycles. The lowest BCUT2D eigenvalue weighted by Crippen LogP contribution is -2.16. The minimum Gasteiger partial charge on any atom is -0.397 e. The third-order valence-corrected chi connectivity index (χ3v) is 4.03. The maximum absolute atomic E-state index is 5.98. The Morgan fingerprint density at radius 3 is 2.61 bits per heavy atom. The van der Waals surface area contributed by atoms with E-state index < -0.39 is 0 Å². The van der Waals surface area contributed by atoms with Gasteiger partial charge in [0.05, 0.1) is 17.4 Å². The van der Waals surface area contributed by atoms with Gasteiger partial charge in [0.25, 0.3) is 0 Å². The van der Waals surface area contributed by atoms with Crippen LogP contribution < -0.4 is 11.1 Å². The smallest absolute Gasteiger partial charge is 0.0630 e. The highest BCUT2D eigenvalue weighted by atomic mass is 35.5. The number of benzene rings is 1. The van der Waals surface area contributed by atoms with Crippen LogP contribution in [0.3, 0.4) is 0 Å². The molecule has 4 heteroatoms. The molecule has 96 valence electrons. The zero-order valence-electron chi connectivity index (χ0n) is 10.5. The predicted molar refractivity (Wildman–Crippen MR) is 81.4 cm³/mol. The third-order valence-electron chi connectivity index (χ3n) is 2.84. The summed E-state index contributed by atoms with van der Waals surface area (Å²) < 4.78 is 0. The summed E-state index contributed by atoms with van der Waals surface area (Å²) in [5.41, 5.74) is 7.60. The molecule has 18 heavy (non-hydrogen) atoms. The number of nitrogens with two attached hydrogens (primary N) is 1. The van der Waals surface area contributed by atoms with Gasteiger partial charge in [0.2, 0.25) is 0 Å². The molecule has 0 aliphatic heterocycles. The van der Waals surface area contributed by atoms with Crippen molar-refractivity contribution in [3.8, 4) is 0 Å². The molecule has 3 N–H and O–H groups in total. The molecule has 0 bridgehead atoms. The molecule has 0 aliphatic rings. The standard InChI is InChI=1S/C14H17ClN2S/c1-9(2)14(13-4-3-7-18-13)17-12-6-5-10(15)8-11(12)16/h3-9,14,17H,16H2,1-2H3. The first-order valence-electron chi connectivity index (χ1n) is 5.93. The molecule has 0 saturated heterocycles. The molecule has 0 amide bonds. The fourth-order valence-electron chi connectivity index (χ4n) is 1.87. The van der Waals surface area contributed by atoms with Crippen LogP contribution in [0, 0.1) is 5.92 Å². The molecule has 2 nitrogen and oxygen atoms in total. The lowest BCUT2D eigenvalue weighted by Gasteiger charge is -2.23. The van der Waals surface area contributed by atoms with E-state index in [4.69, 9.17) is 17.3 Å². The summed E-state index contributed by atoms with van der Waals surface area (Å²) in [7, 11) is 0. The summed E-state index contributed by atoms with van der Waals surface area (Å²) in [5.74, 6) is 0.485. The maximum atomic E-state index is 5.98. The highest BCUT2D eigenvalue weighted by Gasteiger charge is 2.17. The van der Waals surface area contributed by atoms with Crippen molar-refractivity contribution >= 4 is 34.3 Å². The Balaban J connectivity index is 2.24. The quantitative estimate of drug-likeness (QED) is 0.790. The van der Waals surface area contributed by atoms with E-state index in [1.165, 1.54) is 4.88 Å². The Morgan fingerprint density at radius 1 is 1.28 bits per heavy atom. The van der Waals surface area contributed by atoms with E-state index in [1.54, 1.807) is 17.4 Å². The molecule has 0 radical (unpaired) electrons. The Labute approximate surface area is 117 Å². The van der Waals surface area contributed by atoms with Crippen LogP contribution in [0.15, 0.2) is 35.7 Å². The second-order valence-electron chi connectivity index (χ2n) is 4.61. The number of nitrogen functional groups attached to an aromatic ring is 1. The Hall–Kier alpha value is -1.19. The van der Waals surface area contributed by atoms with Crippen molar-refractivity contribution in [2.75, 3.05) is 11.1 Å². The first-order chi connectivity index (χ1) is 8.58. The number of hydrogen-bond donors (Lipinski definition) is 2. The van der Waals surface area contributed by atoms with Crippen molar-refractivity contribution in [2.45, 2.75) is 19.9 Å². The zero-order chi connectivity index (χ0) is 13.1. The SMILES string of the molecule is CC(C)C(Nc1ccc(Cl)cc1N)c1cccs1. The predicted octanol–water partition coefficient (Wildman–Crippen LogP) is 4.79. The minimum atomic E-state index is 0.272. The van der Waals surface area contributed by atoms with Crippen LogP contribution in [0.25, 0.3) is 0 Å². The summed E-state index contributed by atoms with van der Waals surface area (Å²) in [6, 6.07) is 10.0. The second kappa shape index (κ2) is 5.63. The first kappa shape index (κ1) is 13.2. The van der Waals surface area contributed by atoms with Crippen LogP contribution in [0.2, 0.25) is 5.02 Å². The lowest BCUT2D eigenvalue weighted by molar-refractivity contribution is 0.554. The summed E-state index contributed by atoms with van der Waals surface area (Å²) >= 11 is 7.67. The van der Waals surface area contributed by atoms with Crippen LogP contribution in [0.1, 0.15) is 24.8 Å². The van der Waals surface area contributed by atoms with Gasteiger partial charge in [0.1, 0.15) is 0 Å². The third kappa shape index (κ3) is 2.98. The largest absolute Gasteiger partial charge is 0.397 e. The molecule has 1 aromatic heterocycles. The number of anilines is 2. The molecule has 1 unspecified atom stereocenters. The van der Waals surface area contributed by atoms with Gasteiger partial charge in [-0.25, -0.2) is 0 Å². The number of nitrogens with one attached hydrogen (secondary N) is 1. The lowest BCUT2D eigenvalue weighted by atomic mass is 10.0. The number of hydrogen-bond acceptors (Lipinski definition) is 3. The van der Waals surface area contributed by atoms with E-state index in [1.807, 2.05) is 12.1 Å². The fraction of sp³-hybridized carbons (Fsp3) is 0.286. The van der Waals surface area contributed by atoms with Crippen LogP contribution in [0.5, 0.6) is 0 Å². The van der Waals surface area contributed by atoms with E-state index in [2.05, 4.69) is 36.7 Å². The number of halogens is 1. The van der Waals surface area contributed by atoms with Crippen molar-refractivity contribution in [1.29, 1.82) is 0 Å². The van der Waals surface area contributed by atoms with Gasteiger partial charge < -0.3 is 11.1 Å². The highest BCUT2D eigenvalue weighted by Crippen LogP contribution is 2.32. The summed E-state index contributed by atoms with van der Waals surface area (Å²) in [5, 5.41) is 6.26. The molecule has 0 spiro atoms. The summed E-state index contributed by atoms with van der Waals surface area (Å²) in [6.45, 7) is 4.40. The normalized spacial score (nSPS) is 12.7.